The van der Waals surface area contributed by atoms with Crippen molar-refractivity contribution in [3.63, 3.8) is 0 Å². The van der Waals surface area contributed by atoms with Crippen LogP contribution in [0.25, 0.3) is 11.0 Å². The molecule has 5 heteroatoms. The van der Waals surface area contributed by atoms with Crippen LogP contribution in [0.3, 0.4) is 0 Å². The molecule has 2 heterocycles. The minimum Gasteiger partial charge on any atom is -0.302 e. The number of nitrogens with zero attached hydrogens (tertiary/aromatic N) is 3. The van der Waals surface area contributed by atoms with E-state index in [0.29, 0.717) is 5.65 Å². The van der Waals surface area contributed by atoms with Crippen LogP contribution in [0.1, 0.15) is 0 Å². The number of pyridine rings is 1. The summed E-state index contributed by atoms with van der Waals surface area (Å²) in [6.45, 7) is 0. The molecular formula is C9H9N3O2. The number of hydrogen-bond donors (Lipinski definition) is 0. The molecule has 0 radical (unpaired) electrons. The molecule has 0 fully saturated rings. The minimum absolute atomic E-state index is 0.168. The molecule has 0 bridgehead atoms. The first-order valence-corrected chi connectivity index (χ1v) is 4.13. The van der Waals surface area contributed by atoms with Gasteiger partial charge in [0.1, 0.15) is 5.65 Å². The first-order valence-electron chi connectivity index (χ1n) is 4.13. The molecular weight excluding hydrogens is 182 g/mol. The molecule has 0 amide bonds. The van der Waals surface area contributed by atoms with E-state index in [1.807, 2.05) is 0 Å². The molecule has 72 valence electrons. The van der Waals surface area contributed by atoms with Crippen molar-refractivity contribution in [3.05, 3.63) is 39.2 Å². The van der Waals surface area contributed by atoms with E-state index in [4.69, 9.17) is 0 Å². The number of aryl methyl sites for hydroxylation is 2. The Hall–Kier alpha value is -1.91. The fourth-order valence-corrected chi connectivity index (χ4v) is 1.32. The fourth-order valence-electron chi connectivity index (χ4n) is 1.32. The predicted molar refractivity (Wildman–Crippen MR) is 52.2 cm³/mol. The predicted octanol–water partition coefficient (Wildman–Crippen LogP) is -0.368. The van der Waals surface area contributed by atoms with Crippen molar-refractivity contribution in [2.24, 2.45) is 14.1 Å². The summed E-state index contributed by atoms with van der Waals surface area (Å²) in [6, 6.07) is 3.11. The topological polar surface area (TPSA) is 56.9 Å². The largest absolute Gasteiger partial charge is 0.349 e. The quantitative estimate of drug-likeness (QED) is 0.571. The average Bonchev–Trinajstić information content (AvgIpc) is 2.15. The van der Waals surface area contributed by atoms with Crippen LogP contribution >= 0.6 is 0 Å². The molecule has 2 rings (SSSR count). The maximum atomic E-state index is 11.2. The van der Waals surface area contributed by atoms with Crippen molar-refractivity contribution in [1.29, 1.82) is 0 Å². The molecule has 0 saturated carbocycles. The zero-order chi connectivity index (χ0) is 10.3. The second kappa shape index (κ2) is 2.80. The molecule has 0 atom stereocenters. The highest BCUT2D eigenvalue weighted by molar-refractivity contribution is 5.73. The Morgan fingerprint density at radius 1 is 1.21 bits per heavy atom. The van der Waals surface area contributed by atoms with Gasteiger partial charge in [0.25, 0.3) is 5.56 Å². The summed E-state index contributed by atoms with van der Waals surface area (Å²) in [5, 5.41) is 0.772. The van der Waals surface area contributed by atoms with E-state index in [2.05, 4.69) is 4.98 Å². The van der Waals surface area contributed by atoms with Crippen LogP contribution in [0, 0.1) is 0 Å². The Labute approximate surface area is 79.2 Å². The van der Waals surface area contributed by atoms with E-state index in [0.717, 1.165) is 5.39 Å². The summed E-state index contributed by atoms with van der Waals surface area (Å²) in [5.41, 5.74) is -0.113. The third-order valence-corrected chi connectivity index (χ3v) is 2.15. The molecule has 5 nitrogen and oxygen atoms in total. The molecule has 0 aliphatic heterocycles. The molecule has 2 aromatic rings. The number of rotatable bonds is 0. The van der Waals surface area contributed by atoms with Crippen molar-refractivity contribution >= 4 is 11.0 Å². The van der Waals surface area contributed by atoms with Crippen LogP contribution in [0.4, 0.5) is 0 Å². The molecule has 0 N–H and O–H groups in total. The van der Waals surface area contributed by atoms with Gasteiger partial charge in [0.05, 0.1) is 0 Å². The van der Waals surface area contributed by atoms with Crippen LogP contribution in [0.15, 0.2) is 27.9 Å². The maximum Gasteiger partial charge on any atom is 0.349 e. The second-order valence-corrected chi connectivity index (χ2v) is 3.14. The molecule has 14 heavy (non-hydrogen) atoms. The molecule has 2 aromatic heterocycles. The van der Waals surface area contributed by atoms with E-state index in [1.54, 1.807) is 26.4 Å². The summed E-state index contributed by atoms with van der Waals surface area (Å²) in [5.74, 6) is 0. The number of aromatic nitrogens is 3. The molecule has 0 saturated heterocycles. The first kappa shape index (κ1) is 8.68. The van der Waals surface area contributed by atoms with Gasteiger partial charge in [-0.25, -0.2) is 4.79 Å². The maximum absolute atomic E-state index is 11.2. The van der Waals surface area contributed by atoms with Crippen LogP contribution in [0.5, 0.6) is 0 Å². The molecule has 0 aliphatic rings. The van der Waals surface area contributed by atoms with Gasteiger partial charge in [-0.3, -0.25) is 9.36 Å². The van der Waals surface area contributed by atoms with E-state index >= 15 is 0 Å². The van der Waals surface area contributed by atoms with Gasteiger partial charge < -0.3 is 4.57 Å². The van der Waals surface area contributed by atoms with Crippen LogP contribution in [-0.4, -0.2) is 14.1 Å². The number of fused-ring (bicyclic) bond motifs is 1. The highest BCUT2D eigenvalue weighted by Gasteiger charge is 2.02. The van der Waals surface area contributed by atoms with Crippen LogP contribution in [-0.2, 0) is 14.1 Å². The van der Waals surface area contributed by atoms with Crippen molar-refractivity contribution in [2.45, 2.75) is 0 Å². The van der Waals surface area contributed by atoms with Gasteiger partial charge >= 0.3 is 5.69 Å². The number of hydrogen-bond acceptors (Lipinski definition) is 3. The van der Waals surface area contributed by atoms with Gasteiger partial charge in [-0.1, -0.05) is 0 Å². The minimum atomic E-state index is -0.362. The lowest BCUT2D eigenvalue weighted by Crippen LogP contribution is -2.24. The Morgan fingerprint density at radius 3 is 2.64 bits per heavy atom. The van der Waals surface area contributed by atoms with Crippen molar-refractivity contribution < 1.29 is 0 Å². The van der Waals surface area contributed by atoms with Crippen molar-refractivity contribution in [2.75, 3.05) is 0 Å². The summed E-state index contributed by atoms with van der Waals surface area (Å²) >= 11 is 0. The van der Waals surface area contributed by atoms with Gasteiger partial charge in [-0.05, 0) is 6.07 Å². The highest BCUT2D eigenvalue weighted by atomic mass is 16.1. The van der Waals surface area contributed by atoms with Gasteiger partial charge in [-0.2, -0.15) is 4.98 Å². The lowest BCUT2D eigenvalue weighted by atomic mass is 10.3. The van der Waals surface area contributed by atoms with E-state index in [-0.39, 0.29) is 11.2 Å². The van der Waals surface area contributed by atoms with Gasteiger partial charge in [-0.15, -0.1) is 0 Å². The fraction of sp³-hybridized carbons (Fsp3) is 0.222. The Balaban J connectivity index is 3.04. The van der Waals surface area contributed by atoms with E-state index < -0.39 is 0 Å². The SMILES string of the molecule is Cn1cc2ccc(=O)n(C)c2nc1=O. The Kier molecular flexibility index (Phi) is 1.73. The normalized spacial score (nSPS) is 10.7. The highest BCUT2D eigenvalue weighted by Crippen LogP contribution is 2.03. The molecule has 0 unspecified atom stereocenters. The summed E-state index contributed by atoms with van der Waals surface area (Å²) in [6.07, 6.45) is 1.66. The monoisotopic (exact) mass is 191 g/mol. The Morgan fingerprint density at radius 2 is 1.93 bits per heavy atom. The smallest absolute Gasteiger partial charge is 0.302 e. The first-order chi connectivity index (χ1) is 6.59. The zero-order valence-electron chi connectivity index (χ0n) is 7.89. The van der Waals surface area contributed by atoms with Gasteiger partial charge in [0.2, 0.25) is 0 Å². The average molecular weight is 191 g/mol. The van der Waals surface area contributed by atoms with Crippen molar-refractivity contribution in [3.8, 4) is 0 Å². The third kappa shape index (κ3) is 1.14. The summed E-state index contributed by atoms with van der Waals surface area (Å²) < 4.78 is 2.74. The lowest BCUT2D eigenvalue weighted by molar-refractivity contribution is 0.801. The zero-order valence-corrected chi connectivity index (χ0v) is 7.89. The molecule has 0 spiro atoms. The van der Waals surface area contributed by atoms with E-state index in [9.17, 15) is 9.59 Å². The standard InChI is InChI=1S/C9H9N3O2/c1-11-5-6-3-4-7(13)12(2)8(6)10-9(11)14/h3-5H,1-2H3. The lowest BCUT2D eigenvalue weighted by Gasteiger charge is -2.03. The summed E-state index contributed by atoms with van der Waals surface area (Å²) in [7, 11) is 3.22. The van der Waals surface area contributed by atoms with Crippen LogP contribution < -0.4 is 11.2 Å². The van der Waals surface area contributed by atoms with Gasteiger partial charge in [0, 0.05) is 31.7 Å². The van der Waals surface area contributed by atoms with Gasteiger partial charge in [0.15, 0.2) is 0 Å². The Bertz CT molecular complexity index is 609. The second-order valence-electron chi connectivity index (χ2n) is 3.14. The molecule has 0 aromatic carbocycles. The van der Waals surface area contributed by atoms with Crippen LogP contribution in [0.2, 0.25) is 0 Å². The van der Waals surface area contributed by atoms with Crippen molar-refractivity contribution in [1.82, 2.24) is 14.1 Å². The molecule has 0 aliphatic carbocycles. The third-order valence-electron chi connectivity index (χ3n) is 2.15. The van der Waals surface area contributed by atoms with E-state index in [1.165, 1.54) is 15.2 Å². The summed E-state index contributed by atoms with van der Waals surface area (Å²) in [4.78, 5) is 26.3.